The Hall–Kier alpha value is -0.830. The Kier molecular flexibility index (Phi) is 5.00. The van der Waals surface area contributed by atoms with Crippen molar-refractivity contribution in [3.8, 4) is 6.07 Å². The third kappa shape index (κ3) is 3.34. The first-order valence-electron chi connectivity index (χ1n) is 4.32. The maximum Gasteiger partial charge on any atom is 0.224 e. The summed E-state index contributed by atoms with van der Waals surface area (Å²) < 4.78 is 18.7. The van der Waals surface area contributed by atoms with Crippen molar-refractivity contribution in [2.24, 2.45) is 0 Å². The zero-order valence-corrected chi connectivity index (χ0v) is 10.7. The molecule has 0 saturated heterocycles. The molecule has 1 aromatic rings. The molecule has 0 atom stereocenters. The molecule has 0 aliphatic heterocycles. The number of thiocarbonyl (C=S) groups is 1. The van der Waals surface area contributed by atoms with Crippen LogP contribution in [0.1, 0.15) is 12.5 Å². The van der Waals surface area contributed by atoms with E-state index in [1.165, 1.54) is 6.07 Å². The Morgan fingerprint density at radius 1 is 1.69 bits per heavy atom. The van der Waals surface area contributed by atoms with Crippen molar-refractivity contribution in [1.29, 1.82) is 5.26 Å². The first-order chi connectivity index (χ1) is 7.58. The van der Waals surface area contributed by atoms with E-state index < -0.39 is 5.82 Å². The number of nitriles is 1. The van der Waals surface area contributed by atoms with Gasteiger partial charge in [-0.05, 0) is 43.0 Å². The second kappa shape index (κ2) is 6.04. The molecule has 0 heterocycles. The van der Waals surface area contributed by atoms with E-state index in [2.05, 4.69) is 0 Å². The molecule has 1 rings (SSSR count). The number of hydrogen-bond acceptors (Lipinski definition) is 4. The predicted molar refractivity (Wildman–Crippen MR) is 66.2 cm³/mol. The molecule has 0 spiro atoms. The molecule has 84 valence electrons. The molecule has 0 radical (unpaired) electrons. The van der Waals surface area contributed by atoms with Crippen LogP contribution in [0.3, 0.4) is 0 Å². The van der Waals surface area contributed by atoms with Crippen LogP contribution in [0, 0.1) is 17.1 Å². The predicted octanol–water partition coefficient (Wildman–Crippen LogP) is 3.76. The Morgan fingerprint density at radius 3 is 2.94 bits per heavy atom. The highest BCUT2D eigenvalue weighted by Gasteiger charge is 2.11. The number of thioether (sulfide) groups is 1. The average molecular weight is 276 g/mol. The lowest BCUT2D eigenvalue weighted by atomic mass is 10.2. The number of nitrogens with zero attached hydrogens (tertiary/aromatic N) is 1. The van der Waals surface area contributed by atoms with Gasteiger partial charge < -0.3 is 4.74 Å². The van der Waals surface area contributed by atoms with Crippen LogP contribution in [0.15, 0.2) is 17.0 Å². The lowest BCUT2D eigenvalue weighted by Gasteiger charge is -2.06. The number of rotatable bonds is 2. The molecule has 0 saturated carbocycles. The first kappa shape index (κ1) is 13.2. The van der Waals surface area contributed by atoms with Gasteiger partial charge in [0.25, 0.3) is 0 Å². The Morgan fingerprint density at radius 2 is 2.38 bits per heavy atom. The molecule has 0 aliphatic carbocycles. The van der Waals surface area contributed by atoms with Gasteiger partial charge in [0.05, 0.1) is 22.1 Å². The minimum absolute atomic E-state index is 0.103. The summed E-state index contributed by atoms with van der Waals surface area (Å²) in [6, 6.07) is 4.25. The topological polar surface area (TPSA) is 33.0 Å². The minimum atomic E-state index is -0.534. The van der Waals surface area contributed by atoms with Gasteiger partial charge in [0.15, 0.2) is 0 Å². The quantitative estimate of drug-likeness (QED) is 0.608. The molecule has 0 N–H and O–H groups in total. The van der Waals surface area contributed by atoms with Gasteiger partial charge in [0, 0.05) is 0 Å². The van der Waals surface area contributed by atoms with Gasteiger partial charge in [-0.25, -0.2) is 4.39 Å². The van der Waals surface area contributed by atoms with Gasteiger partial charge in [-0.3, -0.25) is 0 Å². The van der Waals surface area contributed by atoms with Crippen LogP contribution >= 0.6 is 35.6 Å². The summed E-state index contributed by atoms with van der Waals surface area (Å²) in [7, 11) is 0. The van der Waals surface area contributed by atoms with E-state index in [-0.39, 0.29) is 19.9 Å². The standard InChI is InChI=1S/C10H7ClFNOS2/c1-2-14-10(15)16-9-4-7(11)6(5-13)3-8(9)12/h3-4H,2H2,1H3. The van der Waals surface area contributed by atoms with Gasteiger partial charge in [-0.2, -0.15) is 5.26 Å². The molecular weight excluding hydrogens is 269 g/mol. The Balaban J connectivity index is 2.95. The third-order valence-electron chi connectivity index (χ3n) is 1.60. The van der Waals surface area contributed by atoms with Crippen molar-refractivity contribution >= 4 is 40.0 Å². The molecule has 0 aromatic heterocycles. The summed E-state index contributed by atoms with van der Waals surface area (Å²) in [6.45, 7) is 2.21. The molecule has 0 amide bonds. The van der Waals surface area contributed by atoms with E-state index in [9.17, 15) is 4.39 Å². The molecule has 2 nitrogen and oxygen atoms in total. The molecular formula is C10H7ClFNOS2. The Labute approximate surface area is 107 Å². The van der Waals surface area contributed by atoms with Gasteiger partial charge in [0.1, 0.15) is 11.9 Å². The van der Waals surface area contributed by atoms with E-state index >= 15 is 0 Å². The normalized spacial score (nSPS) is 9.62. The number of hydrogen-bond donors (Lipinski definition) is 0. The molecule has 6 heteroatoms. The van der Waals surface area contributed by atoms with Crippen LogP contribution in [0.2, 0.25) is 5.02 Å². The van der Waals surface area contributed by atoms with Gasteiger partial charge >= 0.3 is 0 Å². The van der Waals surface area contributed by atoms with Crippen LogP contribution < -0.4 is 0 Å². The van der Waals surface area contributed by atoms with Crippen molar-refractivity contribution < 1.29 is 9.13 Å². The van der Waals surface area contributed by atoms with Crippen LogP contribution in [-0.4, -0.2) is 11.0 Å². The summed E-state index contributed by atoms with van der Waals surface area (Å²) in [6.07, 6.45) is 0. The fourth-order valence-corrected chi connectivity index (χ4v) is 2.28. The second-order valence-corrected chi connectivity index (χ2v) is 4.71. The SMILES string of the molecule is CCOC(=S)Sc1cc(Cl)c(C#N)cc1F. The molecule has 0 fully saturated rings. The van der Waals surface area contributed by atoms with Crippen molar-refractivity contribution in [3.05, 3.63) is 28.5 Å². The smallest absolute Gasteiger partial charge is 0.224 e. The summed E-state index contributed by atoms with van der Waals surface area (Å²) in [5.41, 5.74) is 0.103. The number of halogens is 2. The maximum atomic E-state index is 13.5. The zero-order valence-electron chi connectivity index (χ0n) is 8.29. The lowest BCUT2D eigenvalue weighted by Crippen LogP contribution is -1.97. The van der Waals surface area contributed by atoms with E-state index in [1.54, 1.807) is 13.0 Å². The summed E-state index contributed by atoms with van der Waals surface area (Å²) in [5.74, 6) is -0.534. The van der Waals surface area contributed by atoms with Gasteiger partial charge in [0.2, 0.25) is 4.38 Å². The van der Waals surface area contributed by atoms with E-state index in [0.29, 0.717) is 6.61 Å². The zero-order chi connectivity index (χ0) is 12.1. The number of benzene rings is 1. The van der Waals surface area contributed by atoms with Crippen LogP contribution in [0.4, 0.5) is 4.39 Å². The summed E-state index contributed by atoms with van der Waals surface area (Å²) in [4.78, 5) is 0.252. The van der Waals surface area contributed by atoms with E-state index in [4.69, 9.17) is 33.8 Å². The molecule has 0 bridgehead atoms. The van der Waals surface area contributed by atoms with E-state index in [1.807, 2.05) is 0 Å². The molecule has 0 aliphatic rings. The summed E-state index contributed by atoms with van der Waals surface area (Å²) in [5, 5.41) is 8.84. The third-order valence-corrected chi connectivity index (χ3v) is 3.10. The minimum Gasteiger partial charge on any atom is -0.479 e. The van der Waals surface area contributed by atoms with Crippen molar-refractivity contribution in [1.82, 2.24) is 0 Å². The number of ether oxygens (including phenoxy) is 1. The highest BCUT2D eigenvalue weighted by atomic mass is 35.5. The maximum absolute atomic E-state index is 13.5. The van der Waals surface area contributed by atoms with Gasteiger partial charge in [-0.1, -0.05) is 11.6 Å². The van der Waals surface area contributed by atoms with Crippen molar-refractivity contribution in [2.45, 2.75) is 11.8 Å². The highest BCUT2D eigenvalue weighted by Crippen LogP contribution is 2.29. The fraction of sp³-hybridized carbons (Fsp3) is 0.200. The van der Waals surface area contributed by atoms with Gasteiger partial charge in [-0.15, -0.1) is 0 Å². The highest BCUT2D eigenvalue weighted by molar-refractivity contribution is 8.22. The fourth-order valence-electron chi connectivity index (χ4n) is 0.930. The monoisotopic (exact) mass is 275 g/mol. The van der Waals surface area contributed by atoms with Crippen LogP contribution in [0.25, 0.3) is 0 Å². The van der Waals surface area contributed by atoms with Crippen molar-refractivity contribution in [3.63, 3.8) is 0 Å². The van der Waals surface area contributed by atoms with Crippen LogP contribution in [-0.2, 0) is 4.74 Å². The molecule has 1 aromatic carbocycles. The Bertz CT molecular complexity index is 459. The van der Waals surface area contributed by atoms with Crippen LogP contribution in [0.5, 0.6) is 0 Å². The second-order valence-electron chi connectivity index (χ2n) is 2.66. The lowest BCUT2D eigenvalue weighted by molar-refractivity contribution is 0.346. The van der Waals surface area contributed by atoms with Crippen molar-refractivity contribution in [2.75, 3.05) is 6.61 Å². The van der Waals surface area contributed by atoms with E-state index in [0.717, 1.165) is 17.8 Å². The largest absolute Gasteiger partial charge is 0.479 e. The average Bonchev–Trinajstić information content (AvgIpc) is 2.23. The summed E-state index contributed by atoms with van der Waals surface area (Å²) >= 11 is 11.6. The molecule has 16 heavy (non-hydrogen) atoms. The first-order valence-corrected chi connectivity index (χ1v) is 5.92. The molecule has 0 unspecified atom stereocenters.